The maximum Gasteiger partial charge on any atom is 0.213 e. The van der Waals surface area contributed by atoms with Gasteiger partial charge in [-0.15, -0.1) is 0 Å². The summed E-state index contributed by atoms with van der Waals surface area (Å²) >= 11 is 0. The monoisotopic (exact) mass is 286 g/mol. The number of fused-ring (bicyclic) bond motifs is 1. The normalized spacial score (nSPS) is 11.3. The van der Waals surface area contributed by atoms with Crippen LogP contribution in [0.5, 0.6) is 0 Å². The van der Waals surface area contributed by atoms with Crippen LogP contribution in [0.25, 0.3) is 10.9 Å². The van der Waals surface area contributed by atoms with Crippen molar-refractivity contribution in [2.24, 2.45) is 0 Å². The molecule has 110 valence electrons. The molecule has 0 saturated heterocycles. The van der Waals surface area contributed by atoms with E-state index < -0.39 is 0 Å². The molecule has 1 N–H and O–H groups in total. The van der Waals surface area contributed by atoms with Crippen LogP contribution in [0, 0.1) is 0 Å². The number of aromatic nitrogens is 3. The van der Waals surface area contributed by atoms with Gasteiger partial charge in [0.05, 0.1) is 13.2 Å². The molecule has 0 unspecified atom stereocenters. The molecule has 21 heavy (non-hydrogen) atoms. The lowest BCUT2D eigenvalue weighted by molar-refractivity contribution is 0.199. The summed E-state index contributed by atoms with van der Waals surface area (Å²) in [5.41, 5.74) is 2.45. The van der Waals surface area contributed by atoms with Crippen molar-refractivity contribution in [3.8, 4) is 0 Å². The molecule has 0 amide bonds. The van der Waals surface area contributed by atoms with E-state index in [1.807, 2.05) is 0 Å². The zero-order valence-electron chi connectivity index (χ0n) is 12.0. The summed E-state index contributed by atoms with van der Waals surface area (Å²) in [6.45, 7) is 3.00. The maximum absolute atomic E-state index is 5.04. The van der Waals surface area contributed by atoms with Crippen molar-refractivity contribution in [2.45, 2.75) is 13.1 Å². The van der Waals surface area contributed by atoms with Crippen LogP contribution in [0.3, 0.4) is 0 Å². The van der Waals surface area contributed by atoms with E-state index in [0.717, 1.165) is 19.7 Å². The van der Waals surface area contributed by atoms with Gasteiger partial charge < -0.3 is 19.1 Å². The number of rotatable bonds is 7. The van der Waals surface area contributed by atoms with Crippen molar-refractivity contribution < 1.29 is 9.26 Å². The number of nitrogens with one attached hydrogen (secondary N) is 1. The van der Waals surface area contributed by atoms with Crippen molar-refractivity contribution in [3.63, 3.8) is 0 Å². The molecule has 0 radical (unpaired) electrons. The minimum absolute atomic E-state index is 0.612. The van der Waals surface area contributed by atoms with Gasteiger partial charge >= 0.3 is 0 Å². The molecule has 0 spiro atoms. The van der Waals surface area contributed by atoms with E-state index in [4.69, 9.17) is 9.26 Å². The van der Waals surface area contributed by atoms with E-state index in [1.165, 1.54) is 22.9 Å². The Labute approximate surface area is 122 Å². The summed E-state index contributed by atoms with van der Waals surface area (Å²) in [6.07, 6.45) is 3.41. The Morgan fingerprint density at radius 1 is 1.33 bits per heavy atom. The van der Waals surface area contributed by atoms with Crippen molar-refractivity contribution in [1.29, 1.82) is 0 Å². The fourth-order valence-electron chi connectivity index (χ4n) is 2.39. The van der Waals surface area contributed by atoms with Gasteiger partial charge in [0.25, 0.3) is 0 Å². The smallest absolute Gasteiger partial charge is 0.213 e. The summed E-state index contributed by atoms with van der Waals surface area (Å²) < 4.78 is 11.9. The van der Waals surface area contributed by atoms with Crippen molar-refractivity contribution in [1.82, 2.24) is 20.0 Å². The van der Waals surface area contributed by atoms with E-state index in [1.54, 1.807) is 7.11 Å². The zero-order valence-corrected chi connectivity index (χ0v) is 12.0. The largest absolute Gasteiger partial charge is 0.383 e. The first-order valence-electron chi connectivity index (χ1n) is 6.90. The Kier molecular flexibility index (Phi) is 4.28. The maximum atomic E-state index is 5.04. The molecule has 0 atom stereocenters. The fourth-order valence-corrected chi connectivity index (χ4v) is 2.39. The van der Waals surface area contributed by atoms with E-state index in [-0.39, 0.29) is 0 Å². The molecule has 6 heteroatoms. The van der Waals surface area contributed by atoms with Crippen molar-refractivity contribution in [3.05, 3.63) is 48.2 Å². The highest BCUT2D eigenvalue weighted by Gasteiger charge is 2.07. The topological polar surface area (TPSA) is 65.1 Å². The van der Waals surface area contributed by atoms with Crippen LogP contribution in [0.15, 0.2) is 41.4 Å². The Morgan fingerprint density at radius 3 is 3.10 bits per heavy atom. The third-order valence-corrected chi connectivity index (χ3v) is 3.42. The van der Waals surface area contributed by atoms with Gasteiger partial charge in [0.2, 0.25) is 6.39 Å². The van der Waals surface area contributed by atoms with Gasteiger partial charge in [0, 0.05) is 37.3 Å². The van der Waals surface area contributed by atoms with Gasteiger partial charge in [-0.25, -0.2) is 0 Å². The summed E-state index contributed by atoms with van der Waals surface area (Å²) in [5, 5.41) is 8.47. The molecule has 6 nitrogen and oxygen atoms in total. The van der Waals surface area contributed by atoms with Crippen molar-refractivity contribution >= 4 is 10.9 Å². The second-order valence-electron chi connectivity index (χ2n) is 4.81. The molecule has 0 fully saturated rings. The fraction of sp³-hybridized carbons (Fsp3) is 0.333. The highest BCUT2D eigenvalue weighted by molar-refractivity contribution is 5.83. The standard InChI is InChI=1S/C15H18N4O2/c1-20-8-6-16-9-12-3-2-4-14-13(12)5-7-19(14)10-15-17-11-21-18-15/h2-5,7,11,16H,6,8-10H2,1H3. The summed E-state index contributed by atoms with van der Waals surface area (Å²) in [5.74, 6) is 0.677. The van der Waals surface area contributed by atoms with Crippen LogP contribution >= 0.6 is 0 Å². The lowest BCUT2D eigenvalue weighted by Gasteiger charge is -2.07. The van der Waals surface area contributed by atoms with E-state index >= 15 is 0 Å². The molecule has 2 heterocycles. The molecule has 3 aromatic rings. The Morgan fingerprint density at radius 2 is 2.29 bits per heavy atom. The molecule has 0 bridgehead atoms. The molecule has 1 aromatic carbocycles. The van der Waals surface area contributed by atoms with Crippen LogP contribution in [0.1, 0.15) is 11.4 Å². The van der Waals surface area contributed by atoms with Gasteiger partial charge in [-0.1, -0.05) is 17.3 Å². The van der Waals surface area contributed by atoms with Crippen LogP contribution in [0.4, 0.5) is 0 Å². The Balaban J connectivity index is 1.79. The SMILES string of the molecule is COCCNCc1cccc2c1ccn2Cc1ncon1. The number of hydrogen-bond donors (Lipinski definition) is 1. The highest BCUT2D eigenvalue weighted by Crippen LogP contribution is 2.20. The van der Waals surface area contributed by atoms with Crippen LogP contribution < -0.4 is 5.32 Å². The van der Waals surface area contributed by atoms with Gasteiger partial charge in [-0.05, 0) is 17.7 Å². The molecule has 3 rings (SSSR count). The molecule has 0 aliphatic heterocycles. The second kappa shape index (κ2) is 6.51. The molecular formula is C15H18N4O2. The number of methoxy groups -OCH3 is 1. The molecule has 0 saturated carbocycles. The second-order valence-corrected chi connectivity index (χ2v) is 4.81. The predicted molar refractivity (Wildman–Crippen MR) is 78.9 cm³/mol. The highest BCUT2D eigenvalue weighted by atomic mass is 16.5. The van der Waals surface area contributed by atoms with Gasteiger partial charge in [0.15, 0.2) is 5.82 Å². The van der Waals surface area contributed by atoms with Crippen LogP contribution in [-0.2, 0) is 17.8 Å². The van der Waals surface area contributed by atoms with Crippen LogP contribution in [0.2, 0.25) is 0 Å². The third-order valence-electron chi connectivity index (χ3n) is 3.42. The number of hydrogen-bond acceptors (Lipinski definition) is 5. The average Bonchev–Trinajstić information content (AvgIpc) is 3.15. The number of benzene rings is 1. The first-order chi connectivity index (χ1) is 10.4. The minimum atomic E-state index is 0.612. The van der Waals surface area contributed by atoms with Gasteiger partial charge in [-0.3, -0.25) is 0 Å². The zero-order chi connectivity index (χ0) is 14.5. The lowest BCUT2D eigenvalue weighted by atomic mass is 10.1. The molecule has 0 aliphatic carbocycles. The Hall–Kier alpha value is -2.18. The molecular weight excluding hydrogens is 268 g/mol. The first kappa shape index (κ1) is 13.8. The third kappa shape index (κ3) is 3.12. The summed E-state index contributed by atoms with van der Waals surface area (Å²) in [6, 6.07) is 8.44. The minimum Gasteiger partial charge on any atom is -0.383 e. The van der Waals surface area contributed by atoms with E-state index in [0.29, 0.717) is 12.4 Å². The summed E-state index contributed by atoms with van der Waals surface area (Å²) in [4.78, 5) is 4.07. The Bertz CT molecular complexity index is 691. The van der Waals surface area contributed by atoms with E-state index in [2.05, 4.69) is 50.5 Å². The number of nitrogens with zero attached hydrogens (tertiary/aromatic N) is 3. The van der Waals surface area contributed by atoms with E-state index in [9.17, 15) is 0 Å². The quantitative estimate of drug-likeness (QED) is 0.671. The van der Waals surface area contributed by atoms with Gasteiger partial charge in [0.1, 0.15) is 0 Å². The molecule has 2 aromatic heterocycles. The number of ether oxygens (including phenoxy) is 1. The van der Waals surface area contributed by atoms with Gasteiger partial charge in [-0.2, -0.15) is 4.98 Å². The van der Waals surface area contributed by atoms with Crippen molar-refractivity contribution in [2.75, 3.05) is 20.3 Å². The lowest BCUT2D eigenvalue weighted by Crippen LogP contribution is -2.18. The first-order valence-corrected chi connectivity index (χ1v) is 6.90. The average molecular weight is 286 g/mol. The molecule has 0 aliphatic rings. The summed E-state index contributed by atoms with van der Waals surface area (Å²) in [7, 11) is 1.71. The van der Waals surface area contributed by atoms with Crippen LogP contribution in [-0.4, -0.2) is 35.0 Å². The predicted octanol–water partition coefficient (Wildman–Crippen LogP) is 1.81.